The average Bonchev–Trinajstić information content (AvgIpc) is 1.35. The van der Waals surface area contributed by atoms with Crippen LogP contribution in [0.5, 0.6) is 0 Å². The first-order valence-corrected chi connectivity index (χ1v) is 1.97. The Morgan fingerprint density at radius 2 is 2.33 bits per heavy atom. The molecule has 0 aliphatic rings. The molecule has 0 amide bonds. The largest absolute Gasteiger partial charge is 0.383 e. The van der Waals surface area contributed by atoms with E-state index < -0.39 is 0 Å². The van der Waals surface area contributed by atoms with Crippen molar-refractivity contribution in [3.63, 3.8) is 0 Å². The van der Waals surface area contributed by atoms with E-state index in [1.54, 1.807) is 14.0 Å². The van der Waals surface area contributed by atoms with Crippen LogP contribution in [0.2, 0.25) is 0 Å². The molecule has 0 bridgehead atoms. The molecule has 1 N–H and O–H groups in total. The van der Waals surface area contributed by atoms with E-state index in [0.717, 1.165) is 0 Å². The van der Waals surface area contributed by atoms with Gasteiger partial charge in [-0.15, -0.1) is 0 Å². The summed E-state index contributed by atoms with van der Waals surface area (Å²) >= 11 is 0. The lowest BCUT2D eigenvalue weighted by molar-refractivity contribution is 0.183. The van der Waals surface area contributed by atoms with Gasteiger partial charge in [0.05, 0.1) is 6.61 Å². The molecule has 2 nitrogen and oxygen atoms in total. The fourth-order valence-corrected chi connectivity index (χ4v) is 0.250. The maximum atomic E-state index is 6.85. The van der Waals surface area contributed by atoms with Crippen LogP contribution in [0, 0.1) is 0 Å². The number of nitrogens with one attached hydrogen (secondary N) is 1. The second-order valence-electron chi connectivity index (χ2n) is 1.36. The molecule has 0 fully saturated rings. The molecule has 0 aromatic rings. The fourth-order valence-electron chi connectivity index (χ4n) is 0.250. The van der Waals surface area contributed by atoms with Crippen LogP contribution in [0.4, 0.5) is 0 Å². The van der Waals surface area contributed by atoms with Crippen LogP contribution in [0.15, 0.2) is 0 Å². The zero-order valence-electron chi connectivity index (χ0n) is 4.19. The number of hydrogen-bond donors (Lipinski definition) is 0. The molecule has 0 spiro atoms. The maximum absolute atomic E-state index is 6.85. The maximum Gasteiger partial charge on any atom is 0.0626 e. The van der Waals surface area contributed by atoms with Crippen LogP contribution in [-0.4, -0.2) is 19.8 Å². The molecule has 0 heterocycles. The van der Waals surface area contributed by atoms with Crippen molar-refractivity contribution in [3.8, 4) is 0 Å². The average molecular weight is 88.1 g/mol. The minimum absolute atomic E-state index is 0.0741. The minimum Gasteiger partial charge on any atom is -0.383 e. The molecular formula is C4H10NO. The number of ether oxygens (including phenoxy) is 1. The summed E-state index contributed by atoms with van der Waals surface area (Å²) < 4.78 is 4.62. The Kier molecular flexibility index (Phi) is 3.08. The molecule has 0 aliphatic heterocycles. The van der Waals surface area contributed by atoms with Gasteiger partial charge in [-0.05, 0) is 6.92 Å². The molecule has 0 aromatic heterocycles. The van der Waals surface area contributed by atoms with Crippen molar-refractivity contribution in [1.29, 1.82) is 0 Å². The highest BCUT2D eigenvalue weighted by molar-refractivity contribution is 4.44. The molecule has 0 saturated carbocycles. The Labute approximate surface area is 38.3 Å². The summed E-state index contributed by atoms with van der Waals surface area (Å²) in [5, 5.41) is 0. The SMILES string of the molecule is COC[C@H](C)[NH]. The monoisotopic (exact) mass is 88.1 g/mol. The summed E-state index contributed by atoms with van der Waals surface area (Å²) in [6, 6.07) is -0.0741. The van der Waals surface area contributed by atoms with E-state index in [0.29, 0.717) is 6.61 Å². The fraction of sp³-hybridized carbons (Fsp3) is 1.00. The Bertz CT molecular complexity index is 28.7. The van der Waals surface area contributed by atoms with Gasteiger partial charge in [0.25, 0.3) is 0 Å². The molecule has 0 unspecified atom stereocenters. The van der Waals surface area contributed by atoms with Gasteiger partial charge < -0.3 is 4.74 Å². The summed E-state index contributed by atoms with van der Waals surface area (Å²) in [5.41, 5.74) is 6.85. The quantitative estimate of drug-likeness (QED) is 0.478. The van der Waals surface area contributed by atoms with Gasteiger partial charge in [0, 0.05) is 13.2 Å². The van der Waals surface area contributed by atoms with Crippen LogP contribution in [-0.2, 0) is 4.74 Å². The molecule has 2 heteroatoms. The smallest absolute Gasteiger partial charge is 0.0626 e. The summed E-state index contributed by atoms with van der Waals surface area (Å²) in [6.07, 6.45) is 0. The van der Waals surface area contributed by atoms with E-state index >= 15 is 0 Å². The lowest BCUT2D eigenvalue weighted by Gasteiger charge is -1.97. The van der Waals surface area contributed by atoms with Gasteiger partial charge in [0.15, 0.2) is 0 Å². The topological polar surface area (TPSA) is 33.0 Å². The van der Waals surface area contributed by atoms with Crippen molar-refractivity contribution >= 4 is 0 Å². The van der Waals surface area contributed by atoms with Crippen LogP contribution in [0.1, 0.15) is 6.92 Å². The first kappa shape index (κ1) is 5.92. The van der Waals surface area contributed by atoms with Crippen molar-refractivity contribution in [1.82, 2.24) is 5.73 Å². The third kappa shape index (κ3) is 3.92. The third-order valence-corrected chi connectivity index (χ3v) is 0.417. The van der Waals surface area contributed by atoms with E-state index in [1.165, 1.54) is 0 Å². The highest BCUT2D eigenvalue weighted by atomic mass is 16.5. The van der Waals surface area contributed by atoms with Gasteiger partial charge in [0.1, 0.15) is 0 Å². The Morgan fingerprint density at radius 1 is 1.83 bits per heavy atom. The highest BCUT2D eigenvalue weighted by Crippen LogP contribution is 1.74. The number of hydrogen-bond acceptors (Lipinski definition) is 1. The normalized spacial score (nSPS) is 14.5. The van der Waals surface area contributed by atoms with Crippen LogP contribution < -0.4 is 5.73 Å². The predicted molar refractivity (Wildman–Crippen MR) is 24.4 cm³/mol. The van der Waals surface area contributed by atoms with E-state index in [1.807, 2.05) is 0 Å². The molecule has 0 saturated heterocycles. The van der Waals surface area contributed by atoms with Crippen LogP contribution >= 0.6 is 0 Å². The number of methoxy groups -OCH3 is 1. The molecule has 0 aliphatic carbocycles. The van der Waals surface area contributed by atoms with E-state index in [9.17, 15) is 0 Å². The molecular weight excluding hydrogens is 78.0 g/mol. The van der Waals surface area contributed by atoms with E-state index in [-0.39, 0.29) is 6.04 Å². The molecule has 1 radical (unpaired) electrons. The van der Waals surface area contributed by atoms with E-state index in [4.69, 9.17) is 5.73 Å². The highest BCUT2D eigenvalue weighted by Gasteiger charge is 1.87. The zero-order chi connectivity index (χ0) is 4.99. The zero-order valence-corrected chi connectivity index (χ0v) is 4.19. The van der Waals surface area contributed by atoms with Crippen molar-refractivity contribution in [2.75, 3.05) is 13.7 Å². The van der Waals surface area contributed by atoms with Crippen LogP contribution in [0.25, 0.3) is 0 Å². The van der Waals surface area contributed by atoms with Gasteiger partial charge >= 0.3 is 0 Å². The summed E-state index contributed by atoms with van der Waals surface area (Å²) in [4.78, 5) is 0. The van der Waals surface area contributed by atoms with Crippen LogP contribution in [0.3, 0.4) is 0 Å². The van der Waals surface area contributed by atoms with Crippen molar-refractivity contribution in [2.45, 2.75) is 13.0 Å². The standard InChI is InChI=1S/C4H10NO/c1-4(5)3-6-2/h4-5H,3H2,1-2H3/t4-/m0/s1. The first-order chi connectivity index (χ1) is 2.77. The van der Waals surface area contributed by atoms with Gasteiger partial charge in [-0.25, -0.2) is 0 Å². The molecule has 1 atom stereocenters. The second kappa shape index (κ2) is 3.12. The molecule has 0 rings (SSSR count). The third-order valence-electron chi connectivity index (χ3n) is 0.417. The van der Waals surface area contributed by atoms with Crippen molar-refractivity contribution in [2.24, 2.45) is 0 Å². The Balaban J connectivity index is 2.63. The number of rotatable bonds is 2. The van der Waals surface area contributed by atoms with E-state index in [2.05, 4.69) is 4.74 Å². The molecule has 0 aromatic carbocycles. The lowest BCUT2D eigenvalue weighted by atomic mass is 10.4. The van der Waals surface area contributed by atoms with Gasteiger partial charge in [-0.3, -0.25) is 5.73 Å². The van der Waals surface area contributed by atoms with Crippen molar-refractivity contribution < 1.29 is 4.74 Å². The first-order valence-electron chi connectivity index (χ1n) is 1.97. The molecule has 37 valence electrons. The lowest BCUT2D eigenvalue weighted by Crippen LogP contribution is -2.09. The predicted octanol–water partition coefficient (Wildman–Crippen LogP) is 0.304. The summed E-state index contributed by atoms with van der Waals surface area (Å²) in [7, 11) is 1.60. The Hall–Kier alpha value is -0.0800. The van der Waals surface area contributed by atoms with Gasteiger partial charge in [-0.1, -0.05) is 0 Å². The minimum atomic E-state index is -0.0741. The summed E-state index contributed by atoms with van der Waals surface area (Å²) in [6.45, 7) is 2.34. The van der Waals surface area contributed by atoms with Gasteiger partial charge in [-0.2, -0.15) is 0 Å². The Morgan fingerprint density at radius 3 is 2.33 bits per heavy atom. The second-order valence-corrected chi connectivity index (χ2v) is 1.36. The molecule has 6 heavy (non-hydrogen) atoms. The van der Waals surface area contributed by atoms with Crippen molar-refractivity contribution in [3.05, 3.63) is 0 Å². The summed E-state index contributed by atoms with van der Waals surface area (Å²) in [5.74, 6) is 0. The van der Waals surface area contributed by atoms with Gasteiger partial charge in [0.2, 0.25) is 0 Å².